The number of fused-ring (bicyclic) bond motifs is 2. The average molecular weight is 296 g/mol. The van der Waals surface area contributed by atoms with Gasteiger partial charge in [0.05, 0.1) is 13.0 Å². The second kappa shape index (κ2) is 4.71. The third-order valence-corrected chi connectivity index (χ3v) is 5.08. The van der Waals surface area contributed by atoms with E-state index in [9.17, 15) is 4.79 Å². The Hall–Kier alpha value is -2.07. The minimum atomic E-state index is -0.179. The van der Waals surface area contributed by atoms with Gasteiger partial charge in [-0.2, -0.15) is 0 Å². The fraction of sp³-hybridized carbons (Fsp3) is 0.389. The summed E-state index contributed by atoms with van der Waals surface area (Å²) in [5, 5.41) is 1.34. The minimum Gasteiger partial charge on any atom is -0.469 e. The van der Waals surface area contributed by atoms with E-state index in [0.29, 0.717) is 6.04 Å². The maximum Gasteiger partial charge on any atom is 0.313 e. The van der Waals surface area contributed by atoms with Crippen molar-refractivity contribution in [3.63, 3.8) is 0 Å². The molecule has 0 spiro atoms. The first-order valence-corrected chi connectivity index (χ1v) is 7.67. The first kappa shape index (κ1) is 13.6. The molecular formula is C18H20N2O2. The molecule has 0 unspecified atom stereocenters. The van der Waals surface area contributed by atoms with Crippen molar-refractivity contribution < 1.29 is 9.53 Å². The number of likely N-dealkylation sites (N-methyl/N-ethyl adjacent to an activating group) is 1. The van der Waals surface area contributed by atoms with Crippen LogP contribution in [0.3, 0.4) is 0 Å². The molecule has 0 saturated carbocycles. The molecule has 0 bridgehead atoms. The highest BCUT2D eigenvalue weighted by Crippen LogP contribution is 2.41. The summed E-state index contributed by atoms with van der Waals surface area (Å²) in [5.41, 5.74) is 5.20. The third-order valence-electron chi connectivity index (χ3n) is 5.08. The third kappa shape index (κ3) is 1.77. The summed E-state index contributed by atoms with van der Waals surface area (Å²) in [6.07, 6.45) is 5.37. The SMILES string of the molecule is COC(=O)[C@@H]1C=C2c3cccc4c3c(cn4C)C[C@H]2N(C)C1. The van der Waals surface area contributed by atoms with Crippen LogP contribution in [-0.4, -0.2) is 42.2 Å². The van der Waals surface area contributed by atoms with Crippen molar-refractivity contribution >= 4 is 22.4 Å². The molecule has 4 heteroatoms. The van der Waals surface area contributed by atoms with Gasteiger partial charge in [0.2, 0.25) is 0 Å². The molecule has 2 heterocycles. The molecule has 1 aliphatic heterocycles. The zero-order valence-electron chi connectivity index (χ0n) is 13.2. The Morgan fingerprint density at radius 1 is 1.32 bits per heavy atom. The van der Waals surface area contributed by atoms with Crippen molar-refractivity contribution in [2.45, 2.75) is 12.5 Å². The molecule has 4 rings (SSSR count). The lowest BCUT2D eigenvalue weighted by atomic mass is 9.80. The lowest BCUT2D eigenvalue weighted by molar-refractivity contribution is -0.144. The van der Waals surface area contributed by atoms with E-state index in [1.807, 2.05) is 0 Å². The first-order valence-electron chi connectivity index (χ1n) is 7.67. The van der Waals surface area contributed by atoms with Crippen molar-refractivity contribution in [3.05, 3.63) is 41.6 Å². The molecule has 0 radical (unpaired) electrons. The molecule has 2 aliphatic rings. The molecule has 0 amide bonds. The number of carbonyl (C=O) groups is 1. The van der Waals surface area contributed by atoms with Crippen LogP contribution in [0.25, 0.3) is 16.5 Å². The summed E-state index contributed by atoms with van der Waals surface area (Å²) in [5.74, 6) is -0.328. The molecule has 2 atom stereocenters. The Balaban J connectivity index is 1.93. The number of carbonyl (C=O) groups excluding carboxylic acids is 1. The summed E-state index contributed by atoms with van der Waals surface area (Å²) < 4.78 is 7.15. The topological polar surface area (TPSA) is 34.5 Å². The second-order valence-corrected chi connectivity index (χ2v) is 6.38. The molecule has 1 aromatic carbocycles. The van der Waals surface area contributed by atoms with Crippen LogP contribution in [0.5, 0.6) is 0 Å². The van der Waals surface area contributed by atoms with E-state index in [4.69, 9.17) is 4.74 Å². The van der Waals surface area contributed by atoms with Crippen LogP contribution >= 0.6 is 0 Å². The zero-order valence-corrected chi connectivity index (χ0v) is 13.2. The van der Waals surface area contributed by atoms with E-state index in [-0.39, 0.29) is 11.9 Å². The summed E-state index contributed by atoms with van der Waals surface area (Å²) in [7, 11) is 5.66. The predicted octanol–water partition coefficient (Wildman–Crippen LogP) is 2.22. The molecule has 22 heavy (non-hydrogen) atoms. The van der Waals surface area contributed by atoms with Crippen LogP contribution in [-0.2, 0) is 23.0 Å². The van der Waals surface area contributed by atoms with Gasteiger partial charge < -0.3 is 9.30 Å². The molecule has 0 saturated heterocycles. The van der Waals surface area contributed by atoms with Crippen molar-refractivity contribution in [1.82, 2.24) is 9.47 Å². The number of rotatable bonds is 1. The summed E-state index contributed by atoms with van der Waals surface area (Å²) >= 11 is 0. The minimum absolute atomic E-state index is 0.149. The van der Waals surface area contributed by atoms with E-state index in [2.05, 4.69) is 54.0 Å². The van der Waals surface area contributed by atoms with E-state index in [1.165, 1.54) is 34.7 Å². The highest BCUT2D eigenvalue weighted by Gasteiger charge is 2.36. The number of hydrogen-bond donors (Lipinski definition) is 0. The molecule has 0 fully saturated rings. The number of benzene rings is 1. The maximum atomic E-state index is 12.0. The van der Waals surface area contributed by atoms with E-state index < -0.39 is 0 Å². The van der Waals surface area contributed by atoms with Gasteiger partial charge in [0.15, 0.2) is 0 Å². The Labute approximate surface area is 130 Å². The number of nitrogens with zero attached hydrogens (tertiary/aromatic N) is 2. The van der Waals surface area contributed by atoms with Crippen LogP contribution in [0.15, 0.2) is 30.5 Å². The van der Waals surface area contributed by atoms with Gasteiger partial charge in [0, 0.05) is 36.7 Å². The number of esters is 1. The number of ether oxygens (including phenoxy) is 1. The Kier molecular flexibility index (Phi) is 2.91. The van der Waals surface area contributed by atoms with Crippen molar-refractivity contribution in [2.24, 2.45) is 13.0 Å². The van der Waals surface area contributed by atoms with Crippen LogP contribution in [0.1, 0.15) is 11.1 Å². The Morgan fingerprint density at radius 3 is 2.91 bits per heavy atom. The number of aryl methyl sites for hydroxylation is 1. The maximum absolute atomic E-state index is 12.0. The Morgan fingerprint density at radius 2 is 2.14 bits per heavy atom. The second-order valence-electron chi connectivity index (χ2n) is 6.38. The van der Waals surface area contributed by atoms with Crippen molar-refractivity contribution in [3.8, 4) is 0 Å². The van der Waals surface area contributed by atoms with Gasteiger partial charge in [0.1, 0.15) is 0 Å². The van der Waals surface area contributed by atoms with Crippen LogP contribution in [0.2, 0.25) is 0 Å². The van der Waals surface area contributed by atoms with Crippen LogP contribution in [0, 0.1) is 5.92 Å². The van der Waals surface area contributed by atoms with Gasteiger partial charge in [-0.1, -0.05) is 18.2 Å². The molecule has 4 nitrogen and oxygen atoms in total. The lowest BCUT2D eigenvalue weighted by Gasteiger charge is -2.39. The normalized spacial score (nSPS) is 24.0. The lowest BCUT2D eigenvalue weighted by Crippen LogP contribution is -2.44. The monoisotopic (exact) mass is 296 g/mol. The van der Waals surface area contributed by atoms with Gasteiger partial charge in [0.25, 0.3) is 0 Å². The van der Waals surface area contributed by atoms with Gasteiger partial charge in [-0.15, -0.1) is 0 Å². The zero-order chi connectivity index (χ0) is 15.4. The molecule has 114 valence electrons. The fourth-order valence-corrected chi connectivity index (χ4v) is 4.03. The molecule has 0 N–H and O–H groups in total. The van der Waals surface area contributed by atoms with Crippen LogP contribution < -0.4 is 0 Å². The number of methoxy groups -OCH3 is 1. The van der Waals surface area contributed by atoms with Gasteiger partial charge in [-0.3, -0.25) is 9.69 Å². The van der Waals surface area contributed by atoms with Crippen molar-refractivity contribution in [1.29, 1.82) is 0 Å². The highest BCUT2D eigenvalue weighted by atomic mass is 16.5. The van der Waals surface area contributed by atoms with Crippen LogP contribution in [0.4, 0.5) is 0 Å². The molecule has 1 aromatic heterocycles. The van der Waals surface area contributed by atoms with Gasteiger partial charge in [-0.05, 0) is 36.2 Å². The molecule has 2 aromatic rings. The van der Waals surface area contributed by atoms with E-state index >= 15 is 0 Å². The fourth-order valence-electron chi connectivity index (χ4n) is 4.03. The van der Waals surface area contributed by atoms with E-state index in [0.717, 1.165) is 13.0 Å². The quantitative estimate of drug-likeness (QED) is 0.757. The smallest absolute Gasteiger partial charge is 0.313 e. The largest absolute Gasteiger partial charge is 0.469 e. The predicted molar refractivity (Wildman–Crippen MR) is 86.5 cm³/mol. The summed E-state index contributed by atoms with van der Waals surface area (Å²) in [6.45, 7) is 0.721. The summed E-state index contributed by atoms with van der Waals surface area (Å²) in [4.78, 5) is 14.3. The summed E-state index contributed by atoms with van der Waals surface area (Å²) in [6, 6.07) is 6.79. The number of hydrogen-bond acceptors (Lipinski definition) is 3. The van der Waals surface area contributed by atoms with Crippen molar-refractivity contribution in [2.75, 3.05) is 20.7 Å². The van der Waals surface area contributed by atoms with Gasteiger partial charge >= 0.3 is 5.97 Å². The standard InChI is InChI=1S/C18H20N2O2/c1-19-9-11-8-16-14(13-5-4-6-15(19)17(11)13)7-12(10-20(16)2)18(21)22-3/h4-7,9,12,16H,8,10H2,1-3H3/t12-,16-/m1/s1. The number of aromatic nitrogens is 1. The first-order chi connectivity index (χ1) is 10.6. The van der Waals surface area contributed by atoms with E-state index in [1.54, 1.807) is 0 Å². The molecular weight excluding hydrogens is 276 g/mol. The Bertz CT molecular complexity index is 803. The molecule has 1 aliphatic carbocycles. The average Bonchev–Trinajstić information content (AvgIpc) is 2.85. The highest BCUT2D eigenvalue weighted by molar-refractivity contribution is 5.99. The van der Waals surface area contributed by atoms with Gasteiger partial charge in [-0.25, -0.2) is 0 Å².